The van der Waals surface area contributed by atoms with E-state index in [2.05, 4.69) is 51.9 Å². The van der Waals surface area contributed by atoms with Crippen LogP contribution in [-0.4, -0.2) is 15.1 Å². The van der Waals surface area contributed by atoms with Crippen LogP contribution in [0, 0.1) is 13.8 Å². The highest BCUT2D eigenvalue weighted by Gasteiger charge is 2.14. The fourth-order valence-corrected chi connectivity index (χ4v) is 3.76. The van der Waals surface area contributed by atoms with Crippen LogP contribution in [0.25, 0.3) is 21.3 Å². The van der Waals surface area contributed by atoms with Crippen LogP contribution in [0.2, 0.25) is 0 Å². The topological polar surface area (TPSA) is 58.0 Å². The van der Waals surface area contributed by atoms with Crippen molar-refractivity contribution in [2.75, 3.05) is 5.32 Å². The van der Waals surface area contributed by atoms with E-state index in [1.54, 1.807) is 23.5 Å². The smallest absolute Gasteiger partial charge is 0.143 e. The van der Waals surface area contributed by atoms with Crippen LogP contribution in [0.3, 0.4) is 0 Å². The minimum atomic E-state index is 0.241. The summed E-state index contributed by atoms with van der Waals surface area (Å²) in [5, 5.41) is 16.0. The molecule has 4 rings (SSSR count). The molecule has 0 saturated carbocycles. The Bertz CT molecular complexity index is 1040. The first kappa shape index (κ1) is 15.6. The molecule has 0 aliphatic rings. The maximum Gasteiger partial charge on any atom is 0.143 e. The normalized spacial score (nSPS) is 11.0. The Morgan fingerprint density at radius 2 is 1.64 bits per heavy atom. The number of aromatic hydroxyl groups is 1. The first-order valence-corrected chi connectivity index (χ1v) is 8.87. The van der Waals surface area contributed by atoms with E-state index in [1.807, 2.05) is 19.1 Å². The number of fused-ring (bicyclic) bond motifs is 1. The summed E-state index contributed by atoms with van der Waals surface area (Å²) in [5.74, 6) is 1.75. The molecule has 0 amide bonds. The number of anilines is 2. The highest BCUT2D eigenvalue weighted by Crippen LogP contribution is 2.38. The van der Waals surface area contributed by atoms with E-state index < -0.39 is 0 Å². The number of nitrogens with one attached hydrogen (secondary N) is 1. The highest BCUT2D eigenvalue weighted by molar-refractivity contribution is 7.17. The van der Waals surface area contributed by atoms with Crippen LogP contribution in [0.5, 0.6) is 5.75 Å². The number of phenolic OH excluding ortho intramolecular Hbond substituents is 1. The molecule has 0 radical (unpaired) electrons. The first-order valence-electron chi connectivity index (χ1n) is 7.99. The Hall–Kier alpha value is -2.92. The molecule has 4 aromatic rings. The van der Waals surface area contributed by atoms with Crippen LogP contribution in [0.4, 0.5) is 11.5 Å². The van der Waals surface area contributed by atoms with Crippen molar-refractivity contribution in [2.45, 2.75) is 13.8 Å². The van der Waals surface area contributed by atoms with Crippen LogP contribution >= 0.6 is 11.3 Å². The van der Waals surface area contributed by atoms with Crippen molar-refractivity contribution in [3.8, 4) is 16.9 Å². The fraction of sp³-hybridized carbons (Fsp3) is 0.100. The average molecular weight is 347 g/mol. The third kappa shape index (κ3) is 3.06. The number of hydrogen-bond donors (Lipinski definition) is 2. The minimum Gasteiger partial charge on any atom is -0.508 e. The van der Waals surface area contributed by atoms with Crippen molar-refractivity contribution in [3.63, 3.8) is 0 Å². The molecule has 0 bridgehead atoms. The molecule has 4 nitrogen and oxygen atoms in total. The summed E-state index contributed by atoms with van der Waals surface area (Å²) in [4.78, 5) is 10.2. The van der Waals surface area contributed by atoms with Gasteiger partial charge in [0.25, 0.3) is 0 Å². The van der Waals surface area contributed by atoms with E-state index >= 15 is 0 Å². The Balaban J connectivity index is 1.86. The third-order valence-corrected chi connectivity index (χ3v) is 4.91. The van der Waals surface area contributed by atoms with Gasteiger partial charge in [-0.05, 0) is 43.7 Å². The SMILES string of the molecule is Cc1ccc(-c2csc3nc(C)nc(Nc4ccc(O)cc4)c23)cc1. The predicted octanol–water partition coefficient (Wildman–Crippen LogP) is 5.42. The molecule has 0 spiro atoms. The minimum absolute atomic E-state index is 0.241. The number of hydrogen-bond acceptors (Lipinski definition) is 5. The fourth-order valence-electron chi connectivity index (χ4n) is 2.77. The van der Waals surface area contributed by atoms with Gasteiger partial charge in [0.2, 0.25) is 0 Å². The van der Waals surface area contributed by atoms with E-state index in [-0.39, 0.29) is 5.75 Å². The Morgan fingerprint density at radius 1 is 0.920 bits per heavy atom. The number of aromatic nitrogens is 2. The van der Waals surface area contributed by atoms with Crippen LogP contribution < -0.4 is 5.32 Å². The lowest BCUT2D eigenvalue weighted by Crippen LogP contribution is -1.98. The van der Waals surface area contributed by atoms with Gasteiger partial charge in [-0.15, -0.1) is 11.3 Å². The molecule has 124 valence electrons. The van der Waals surface area contributed by atoms with E-state index in [1.165, 1.54) is 5.56 Å². The lowest BCUT2D eigenvalue weighted by Gasteiger charge is -2.10. The maximum atomic E-state index is 9.47. The molecule has 0 saturated heterocycles. The Morgan fingerprint density at radius 3 is 2.36 bits per heavy atom. The molecule has 2 heterocycles. The zero-order valence-electron chi connectivity index (χ0n) is 13.9. The summed E-state index contributed by atoms with van der Waals surface area (Å²) >= 11 is 1.62. The number of aryl methyl sites for hydroxylation is 2. The first-order chi connectivity index (χ1) is 12.1. The van der Waals surface area contributed by atoms with Crippen molar-refractivity contribution < 1.29 is 5.11 Å². The summed E-state index contributed by atoms with van der Waals surface area (Å²) in [5.41, 5.74) is 4.38. The molecule has 25 heavy (non-hydrogen) atoms. The molecule has 2 aromatic heterocycles. The van der Waals surface area contributed by atoms with Gasteiger partial charge in [-0.25, -0.2) is 9.97 Å². The number of benzene rings is 2. The van der Waals surface area contributed by atoms with Crippen molar-refractivity contribution in [2.24, 2.45) is 0 Å². The van der Waals surface area contributed by atoms with Crippen LogP contribution in [-0.2, 0) is 0 Å². The maximum absolute atomic E-state index is 9.47. The molecular weight excluding hydrogens is 330 g/mol. The van der Waals surface area contributed by atoms with Gasteiger partial charge in [0, 0.05) is 16.6 Å². The zero-order valence-corrected chi connectivity index (χ0v) is 14.8. The molecule has 0 fully saturated rings. The molecular formula is C20H17N3OS. The quantitative estimate of drug-likeness (QED) is 0.486. The lowest BCUT2D eigenvalue weighted by molar-refractivity contribution is 0.475. The number of phenols is 1. The Kier molecular flexibility index (Phi) is 3.86. The Labute approximate surface area is 149 Å². The summed E-state index contributed by atoms with van der Waals surface area (Å²) in [7, 11) is 0. The van der Waals surface area contributed by atoms with Crippen molar-refractivity contribution in [1.82, 2.24) is 9.97 Å². The van der Waals surface area contributed by atoms with Gasteiger partial charge < -0.3 is 10.4 Å². The molecule has 2 aromatic carbocycles. The van der Waals surface area contributed by atoms with Gasteiger partial charge in [0.05, 0.1) is 5.39 Å². The van der Waals surface area contributed by atoms with E-state index in [0.717, 1.165) is 38.7 Å². The van der Waals surface area contributed by atoms with Gasteiger partial charge in [-0.1, -0.05) is 29.8 Å². The highest BCUT2D eigenvalue weighted by atomic mass is 32.1. The average Bonchev–Trinajstić information content (AvgIpc) is 3.01. The molecule has 0 aliphatic carbocycles. The van der Waals surface area contributed by atoms with Crippen LogP contribution in [0.1, 0.15) is 11.4 Å². The number of nitrogens with zero attached hydrogens (tertiary/aromatic N) is 2. The predicted molar refractivity (Wildman–Crippen MR) is 104 cm³/mol. The largest absolute Gasteiger partial charge is 0.508 e. The summed E-state index contributed by atoms with van der Waals surface area (Å²) in [6.45, 7) is 3.98. The summed E-state index contributed by atoms with van der Waals surface area (Å²) in [6, 6.07) is 15.4. The molecule has 0 aliphatic heterocycles. The second-order valence-electron chi connectivity index (χ2n) is 5.99. The number of rotatable bonds is 3. The summed E-state index contributed by atoms with van der Waals surface area (Å²) in [6.07, 6.45) is 0. The third-order valence-electron chi connectivity index (χ3n) is 4.04. The van der Waals surface area contributed by atoms with Gasteiger partial charge in [0.1, 0.15) is 22.2 Å². The van der Waals surface area contributed by atoms with E-state index in [4.69, 9.17) is 0 Å². The second-order valence-corrected chi connectivity index (χ2v) is 6.84. The molecule has 5 heteroatoms. The summed E-state index contributed by atoms with van der Waals surface area (Å²) < 4.78 is 0. The van der Waals surface area contributed by atoms with Crippen molar-refractivity contribution >= 4 is 33.1 Å². The van der Waals surface area contributed by atoms with Gasteiger partial charge in [0.15, 0.2) is 0 Å². The van der Waals surface area contributed by atoms with Gasteiger partial charge in [-0.3, -0.25) is 0 Å². The lowest BCUT2D eigenvalue weighted by atomic mass is 10.0. The van der Waals surface area contributed by atoms with Gasteiger partial charge >= 0.3 is 0 Å². The second kappa shape index (κ2) is 6.18. The van der Waals surface area contributed by atoms with Crippen molar-refractivity contribution in [3.05, 3.63) is 65.3 Å². The molecule has 0 atom stereocenters. The monoisotopic (exact) mass is 347 g/mol. The molecule has 2 N–H and O–H groups in total. The van der Waals surface area contributed by atoms with Gasteiger partial charge in [-0.2, -0.15) is 0 Å². The standard InChI is InChI=1S/C20H17N3OS/c1-12-3-5-14(6-4-12)17-11-25-20-18(17)19(21-13(2)22-20)23-15-7-9-16(24)10-8-15/h3-11,24H,1-2H3,(H,21,22,23). The number of thiophene rings is 1. The zero-order chi connectivity index (χ0) is 17.4. The van der Waals surface area contributed by atoms with E-state index in [0.29, 0.717) is 0 Å². The van der Waals surface area contributed by atoms with E-state index in [9.17, 15) is 5.11 Å². The molecule has 0 unspecified atom stereocenters. The van der Waals surface area contributed by atoms with Crippen LogP contribution in [0.15, 0.2) is 53.9 Å². The van der Waals surface area contributed by atoms with Crippen molar-refractivity contribution in [1.29, 1.82) is 0 Å².